The molecule has 2 N–H and O–H groups in total. The van der Waals surface area contributed by atoms with Crippen LogP contribution < -0.4 is 5.32 Å². The molecule has 1 saturated heterocycles. The van der Waals surface area contributed by atoms with Gasteiger partial charge in [0, 0.05) is 11.4 Å². The van der Waals surface area contributed by atoms with Gasteiger partial charge in [-0.1, -0.05) is 31.2 Å². The second-order valence-electron chi connectivity index (χ2n) is 9.78. The third-order valence-corrected chi connectivity index (χ3v) is 7.10. The first-order chi connectivity index (χ1) is 17.5. The van der Waals surface area contributed by atoms with Crippen LogP contribution in [0.4, 0.5) is 28.9 Å². The van der Waals surface area contributed by atoms with Gasteiger partial charge in [-0.2, -0.15) is 13.2 Å². The van der Waals surface area contributed by atoms with Gasteiger partial charge in [0.15, 0.2) is 0 Å². The lowest BCUT2D eigenvalue weighted by Crippen LogP contribution is -2.37. The van der Waals surface area contributed by atoms with Crippen molar-refractivity contribution >= 4 is 17.3 Å². The van der Waals surface area contributed by atoms with Gasteiger partial charge in [-0.3, -0.25) is 9.69 Å². The van der Waals surface area contributed by atoms with Gasteiger partial charge >= 0.3 is 12.1 Å². The number of alkyl halides is 3. The Morgan fingerprint density at radius 2 is 1.57 bits per heavy atom. The Morgan fingerprint density at radius 3 is 2.14 bits per heavy atom. The topological polar surface area (TPSA) is 52.6 Å². The molecule has 1 fully saturated rings. The van der Waals surface area contributed by atoms with E-state index in [1.807, 2.05) is 6.07 Å². The van der Waals surface area contributed by atoms with Crippen molar-refractivity contribution < 1.29 is 27.5 Å². The highest BCUT2D eigenvalue weighted by Gasteiger charge is 2.31. The van der Waals surface area contributed by atoms with E-state index in [2.05, 4.69) is 17.1 Å². The third kappa shape index (κ3) is 6.31. The summed E-state index contributed by atoms with van der Waals surface area (Å²) in [5.41, 5.74) is 2.57. The number of carboxylic acids is 1. The molecule has 8 heteroatoms. The quantitative estimate of drug-likeness (QED) is 0.319. The standard InChI is InChI=1S/C29H30F4N2O2/c1-18-13-15-35(16-14-18)27(20-3-8-23(30)9-4-20)25-12-5-21(19(2)28(36)37)17-26(25)34-24-10-6-22(7-11-24)29(31,32)33/h3-12,17-19,27,34H,13-16H2,1-2H3,(H,36,37). The number of aliphatic carboxylic acids is 1. The van der Waals surface area contributed by atoms with Crippen molar-refractivity contribution in [1.29, 1.82) is 0 Å². The highest BCUT2D eigenvalue weighted by atomic mass is 19.4. The molecule has 3 aromatic rings. The smallest absolute Gasteiger partial charge is 0.416 e. The zero-order chi connectivity index (χ0) is 26.7. The van der Waals surface area contributed by atoms with Crippen molar-refractivity contribution in [2.24, 2.45) is 5.92 Å². The van der Waals surface area contributed by atoms with Crippen molar-refractivity contribution in [2.45, 2.75) is 44.8 Å². The molecule has 2 atom stereocenters. The Balaban J connectivity index is 1.80. The maximum atomic E-state index is 13.8. The van der Waals surface area contributed by atoms with Crippen LogP contribution in [0.3, 0.4) is 0 Å². The lowest BCUT2D eigenvalue weighted by atomic mass is 9.89. The molecule has 1 heterocycles. The number of nitrogens with one attached hydrogen (secondary N) is 1. The maximum Gasteiger partial charge on any atom is 0.416 e. The number of likely N-dealkylation sites (tertiary alicyclic amines) is 1. The van der Waals surface area contributed by atoms with E-state index in [0.717, 1.165) is 49.2 Å². The first-order valence-electron chi connectivity index (χ1n) is 12.3. The summed E-state index contributed by atoms with van der Waals surface area (Å²) in [6.45, 7) is 5.46. The van der Waals surface area contributed by atoms with Crippen LogP contribution in [0.25, 0.3) is 0 Å². The Kier molecular flexibility index (Phi) is 7.87. The van der Waals surface area contributed by atoms with E-state index in [4.69, 9.17) is 0 Å². The van der Waals surface area contributed by atoms with E-state index in [1.165, 1.54) is 24.3 Å². The summed E-state index contributed by atoms with van der Waals surface area (Å²) >= 11 is 0. The number of halogens is 4. The molecule has 2 unspecified atom stereocenters. The molecular weight excluding hydrogens is 484 g/mol. The van der Waals surface area contributed by atoms with Crippen LogP contribution in [0.1, 0.15) is 60.9 Å². The van der Waals surface area contributed by atoms with Crippen molar-refractivity contribution in [3.05, 3.63) is 94.8 Å². The van der Waals surface area contributed by atoms with Gasteiger partial charge in [0.1, 0.15) is 5.82 Å². The molecular formula is C29H30F4N2O2. The monoisotopic (exact) mass is 514 g/mol. The van der Waals surface area contributed by atoms with E-state index < -0.39 is 23.6 Å². The summed E-state index contributed by atoms with van der Waals surface area (Å²) in [4.78, 5) is 14.0. The fraction of sp³-hybridized carbons (Fsp3) is 0.345. The minimum atomic E-state index is -4.44. The molecule has 1 aliphatic rings. The Bertz CT molecular complexity index is 1220. The molecule has 0 aliphatic carbocycles. The summed E-state index contributed by atoms with van der Waals surface area (Å²) in [7, 11) is 0. The van der Waals surface area contributed by atoms with Gasteiger partial charge in [-0.05, 0) is 97.9 Å². The summed E-state index contributed by atoms with van der Waals surface area (Å²) in [5, 5.41) is 12.8. The number of carboxylic acid groups (broad SMARTS) is 1. The molecule has 4 nitrogen and oxygen atoms in total. The van der Waals surface area contributed by atoms with Crippen LogP contribution in [-0.2, 0) is 11.0 Å². The van der Waals surface area contributed by atoms with Gasteiger partial charge < -0.3 is 10.4 Å². The first-order valence-corrected chi connectivity index (χ1v) is 12.3. The lowest BCUT2D eigenvalue weighted by molar-refractivity contribution is -0.138. The van der Waals surface area contributed by atoms with Crippen molar-refractivity contribution in [2.75, 3.05) is 18.4 Å². The molecule has 37 heavy (non-hydrogen) atoms. The summed E-state index contributed by atoms with van der Waals surface area (Å²) in [6, 6.07) is 16.2. The highest BCUT2D eigenvalue weighted by molar-refractivity contribution is 5.77. The van der Waals surface area contributed by atoms with Gasteiger partial charge in [-0.25, -0.2) is 4.39 Å². The predicted octanol–water partition coefficient (Wildman–Crippen LogP) is 7.60. The van der Waals surface area contributed by atoms with Gasteiger partial charge in [0.05, 0.1) is 17.5 Å². The zero-order valence-electron chi connectivity index (χ0n) is 20.7. The van der Waals surface area contributed by atoms with E-state index >= 15 is 0 Å². The Morgan fingerprint density at radius 1 is 0.973 bits per heavy atom. The fourth-order valence-electron chi connectivity index (χ4n) is 4.75. The van der Waals surface area contributed by atoms with Crippen molar-refractivity contribution in [1.82, 2.24) is 4.90 Å². The molecule has 0 aromatic heterocycles. The zero-order valence-corrected chi connectivity index (χ0v) is 20.7. The van der Waals surface area contributed by atoms with Crippen LogP contribution in [0.2, 0.25) is 0 Å². The predicted molar refractivity (Wildman–Crippen MR) is 135 cm³/mol. The second kappa shape index (κ2) is 10.9. The molecule has 3 aromatic carbocycles. The summed E-state index contributed by atoms with van der Waals surface area (Å²) in [6.07, 6.45) is -2.43. The highest BCUT2D eigenvalue weighted by Crippen LogP contribution is 2.39. The number of carbonyl (C=O) groups is 1. The van der Waals surface area contributed by atoms with Gasteiger partial charge in [-0.15, -0.1) is 0 Å². The van der Waals surface area contributed by atoms with Crippen LogP contribution in [0, 0.1) is 11.7 Å². The number of piperidine rings is 1. The van der Waals surface area contributed by atoms with E-state index in [-0.39, 0.29) is 11.9 Å². The second-order valence-corrected chi connectivity index (χ2v) is 9.78. The van der Waals surface area contributed by atoms with Crippen molar-refractivity contribution in [3.8, 4) is 0 Å². The average Bonchev–Trinajstić information content (AvgIpc) is 2.86. The van der Waals surface area contributed by atoms with E-state index in [1.54, 1.807) is 31.2 Å². The number of nitrogens with zero attached hydrogens (tertiary/aromatic N) is 1. The SMILES string of the molecule is CC1CCN(C(c2ccc(F)cc2)c2ccc(C(C)C(=O)O)cc2Nc2ccc(C(F)(F)F)cc2)CC1. The average molecular weight is 515 g/mol. The number of rotatable bonds is 7. The minimum Gasteiger partial charge on any atom is -0.481 e. The molecule has 0 amide bonds. The summed E-state index contributed by atoms with van der Waals surface area (Å²) in [5.74, 6) is -1.51. The fourth-order valence-corrected chi connectivity index (χ4v) is 4.75. The number of hydrogen-bond acceptors (Lipinski definition) is 3. The Hall–Kier alpha value is -3.39. The first kappa shape index (κ1) is 26.7. The van der Waals surface area contributed by atoms with Crippen LogP contribution in [0.15, 0.2) is 66.7 Å². The lowest BCUT2D eigenvalue weighted by Gasteiger charge is -2.38. The van der Waals surface area contributed by atoms with E-state index in [0.29, 0.717) is 22.9 Å². The maximum absolute atomic E-state index is 13.8. The number of hydrogen-bond donors (Lipinski definition) is 2. The molecule has 196 valence electrons. The molecule has 0 saturated carbocycles. The number of benzene rings is 3. The number of anilines is 2. The van der Waals surface area contributed by atoms with E-state index in [9.17, 15) is 27.5 Å². The van der Waals surface area contributed by atoms with Crippen LogP contribution >= 0.6 is 0 Å². The molecule has 0 radical (unpaired) electrons. The normalized spacial score (nSPS) is 16.8. The molecule has 0 spiro atoms. The van der Waals surface area contributed by atoms with Gasteiger partial charge in [0.2, 0.25) is 0 Å². The van der Waals surface area contributed by atoms with Crippen molar-refractivity contribution in [3.63, 3.8) is 0 Å². The minimum absolute atomic E-state index is 0.251. The molecule has 1 aliphatic heterocycles. The van der Waals surface area contributed by atoms with Gasteiger partial charge in [0.25, 0.3) is 0 Å². The van der Waals surface area contributed by atoms with Crippen LogP contribution in [0.5, 0.6) is 0 Å². The largest absolute Gasteiger partial charge is 0.481 e. The third-order valence-electron chi connectivity index (χ3n) is 7.10. The van der Waals surface area contributed by atoms with Crippen LogP contribution in [-0.4, -0.2) is 29.1 Å². The summed E-state index contributed by atoms with van der Waals surface area (Å²) < 4.78 is 53.0. The Labute approximate surface area is 213 Å². The molecule has 4 rings (SSSR count). The molecule has 0 bridgehead atoms.